The first-order chi connectivity index (χ1) is 13.8. The molecule has 0 spiro atoms. The SMILES string of the molecule is O=C(c1cccnc1NCc1ccnc(OC2CCOC2)c1)N1CCCCC1. The topological polar surface area (TPSA) is 76.6 Å². The molecular weight excluding hydrogens is 356 g/mol. The molecule has 1 atom stereocenters. The van der Waals surface area contributed by atoms with Crippen molar-refractivity contribution < 1.29 is 14.3 Å². The third kappa shape index (κ3) is 4.59. The van der Waals surface area contributed by atoms with E-state index in [0.717, 1.165) is 44.5 Å². The van der Waals surface area contributed by atoms with Crippen molar-refractivity contribution in [3.05, 3.63) is 47.8 Å². The third-order valence-electron chi connectivity index (χ3n) is 5.12. The van der Waals surface area contributed by atoms with Crippen molar-refractivity contribution >= 4 is 11.7 Å². The molecule has 1 unspecified atom stereocenters. The lowest BCUT2D eigenvalue weighted by molar-refractivity contribution is 0.0725. The second-order valence-corrected chi connectivity index (χ2v) is 7.21. The summed E-state index contributed by atoms with van der Waals surface area (Å²) in [5.41, 5.74) is 1.64. The molecule has 1 N–H and O–H groups in total. The summed E-state index contributed by atoms with van der Waals surface area (Å²) < 4.78 is 11.2. The van der Waals surface area contributed by atoms with E-state index in [0.29, 0.717) is 30.4 Å². The Kier molecular flexibility index (Phi) is 6.01. The molecule has 0 bridgehead atoms. The summed E-state index contributed by atoms with van der Waals surface area (Å²) in [6.07, 6.45) is 7.74. The number of carbonyl (C=O) groups is 1. The Hall–Kier alpha value is -2.67. The fourth-order valence-corrected chi connectivity index (χ4v) is 3.57. The highest BCUT2D eigenvalue weighted by atomic mass is 16.5. The van der Waals surface area contributed by atoms with E-state index in [1.807, 2.05) is 29.2 Å². The number of anilines is 1. The highest BCUT2D eigenvalue weighted by Crippen LogP contribution is 2.20. The highest BCUT2D eigenvalue weighted by molar-refractivity contribution is 5.98. The standard InChI is InChI=1S/C21H26N4O3/c26-21(25-10-2-1-3-11-25)18-5-4-8-23-20(18)24-14-16-6-9-22-19(13-16)28-17-7-12-27-15-17/h4-6,8-9,13,17H,1-3,7,10-12,14-15H2,(H,23,24). The summed E-state index contributed by atoms with van der Waals surface area (Å²) in [7, 11) is 0. The number of nitrogens with one attached hydrogen (secondary N) is 1. The molecule has 28 heavy (non-hydrogen) atoms. The van der Waals surface area contributed by atoms with Crippen LogP contribution in [0.2, 0.25) is 0 Å². The van der Waals surface area contributed by atoms with Crippen molar-refractivity contribution in [3.63, 3.8) is 0 Å². The average Bonchev–Trinajstić information content (AvgIpc) is 3.26. The van der Waals surface area contributed by atoms with Gasteiger partial charge in [-0.15, -0.1) is 0 Å². The lowest BCUT2D eigenvalue weighted by atomic mass is 10.1. The van der Waals surface area contributed by atoms with Crippen molar-refractivity contribution in [1.82, 2.24) is 14.9 Å². The van der Waals surface area contributed by atoms with Gasteiger partial charge < -0.3 is 19.7 Å². The Labute approximate surface area is 165 Å². The zero-order chi connectivity index (χ0) is 19.2. The van der Waals surface area contributed by atoms with E-state index in [-0.39, 0.29) is 12.0 Å². The van der Waals surface area contributed by atoms with Crippen molar-refractivity contribution in [1.29, 1.82) is 0 Å². The molecule has 4 rings (SSSR count). The molecule has 2 aliphatic heterocycles. The zero-order valence-electron chi connectivity index (χ0n) is 16.0. The number of aromatic nitrogens is 2. The van der Waals surface area contributed by atoms with Crippen LogP contribution in [0, 0.1) is 0 Å². The first-order valence-corrected chi connectivity index (χ1v) is 9.97. The minimum Gasteiger partial charge on any atom is -0.472 e. The van der Waals surface area contributed by atoms with Gasteiger partial charge in [-0.3, -0.25) is 4.79 Å². The molecule has 2 fully saturated rings. The second-order valence-electron chi connectivity index (χ2n) is 7.21. The van der Waals surface area contributed by atoms with Gasteiger partial charge in [-0.25, -0.2) is 9.97 Å². The van der Waals surface area contributed by atoms with Gasteiger partial charge in [0.05, 0.1) is 18.8 Å². The van der Waals surface area contributed by atoms with Crippen LogP contribution in [0.15, 0.2) is 36.7 Å². The fourth-order valence-electron chi connectivity index (χ4n) is 3.57. The zero-order valence-corrected chi connectivity index (χ0v) is 16.0. The molecule has 0 aromatic carbocycles. The monoisotopic (exact) mass is 382 g/mol. The molecule has 0 saturated carbocycles. The Morgan fingerprint density at radius 3 is 2.93 bits per heavy atom. The summed E-state index contributed by atoms with van der Waals surface area (Å²) in [6, 6.07) is 7.50. The maximum atomic E-state index is 12.9. The number of hydrogen-bond acceptors (Lipinski definition) is 6. The van der Waals surface area contributed by atoms with Gasteiger partial charge in [-0.2, -0.15) is 0 Å². The lowest BCUT2D eigenvalue weighted by Gasteiger charge is -2.27. The number of rotatable bonds is 6. The molecule has 2 aromatic heterocycles. The first-order valence-electron chi connectivity index (χ1n) is 9.97. The first kappa shape index (κ1) is 18.7. The molecule has 4 heterocycles. The molecule has 1 amide bonds. The van der Waals surface area contributed by atoms with Crippen LogP contribution in [0.4, 0.5) is 5.82 Å². The van der Waals surface area contributed by atoms with Crippen molar-refractivity contribution in [2.24, 2.45) is 0 Å². The van der Waals surface area contributed by atoms with Crippen molar-refractivity contribution in [2.45, 2.75) is 38.3 Å². The molecule has 7 heteroatoms. The number of carbonyl (C=O) groups excluding carboxylic acids is 1. The number of hydrogen-bond donors (Lipinski definition) is 1. The molecule has 2 aliphatic rings. The summed E-state index contributed by atoms with van der Waals surface area (Å²) in [5.74, 6) is 1.26. The summed E-state index contributed by atoms with van der Waals surface area (Å²) in [6.45, 7) is 3.53. The van der Waals surface area contributed by atoms with Crippen LogP contribution in [0.1, 0.15) is 41.6 Å². The van der Waals surface area contributed by atoms with Gasteiger partial charge in [0.2, 0.25) is 5.88 Å². The van der Waals surface area contributed by atoms with Crippen LogP contribution >= 0.6 is 0 Å². The highest BCUT2D eigenvalue weighted by Gasteiger charge is 2.21. The summed E-state index contributed by atoms with van der Waals surface area (Å²) in [4.78, 5) is 23.5. The Bertz CT molecular complexity index is 802. The third-order valence-corrected chi connectivity index (χ3v) is 5.12. The van der Waals surface area contributed by atoms with Gasteiger partial charge in [0.1, 0.15) is 11.9 Å². The minimum absolute atomic E-state index is 0.0512. The Balaban J connectivity index is 1.41. The van der Waals surface area contributed by atoms with Crippen LogP contribution in [0.25, 0.3) is 0 Å². The van der Waals surface area contributed by atoms with E-state index in [4.69, 9.17) is 9.47 Å². The van der Waals surface area contributed by atoms with Crippen LogP contribution in [-0.4, -0.2) is 53.2 Å². The van der Waals surface area contributed by atoms with Crippen LogP contribution in [0.5, 0.6) is 5.88 Å². The molecule has 0 radical (unpaired) electrons. The fraction of sp³-hybridized carbons (Fsp3) is 0.476. The van der Waals surface area contributed by atoms with E-state index in [1.54, 1.807) is 12.4 Å². The van der Waals surface area contributed by atoms with E-state index < -0.39 is 0 Å². The van der Waals surface area contributed by atoms with Crippen molar-refractivity contribution in [2.75, 3.05) is 31.6 Å². The predicted octanol–water partition coefficient (Wildman–Crippen LogP) is 2.88. The summed E-state index contributed by atoms with van der Waals surface area (Å²) >= 11 is 0. The molecule has 7 nitrogen and oxygen atoms in total. The van der Waals surface area contributed by atoms with Gasteiger partial charge in [0.15, 0.2) is 0 Å². The Morgan fingerprint density at radius 2 is 2.11 bits per heavy atom. The van der Waals surface area contributed by atoms with Gasteiger partial charge >= 0.3 is 0 Å². The van der Waals surface area contributed by atoms with E-state index in [1.165, 1.54) is 6.42 Å². The normalized spacial score (nSPS) is 19.4. The van der Waals surface area contributed by atoms with Crippen molar-refractivity contribution in [3.8, 4) is 5.88 Å². The van der Waals surface area contributed by atoms with E-state index in [9.17, 15) is 4.79 Å². The van der Waals surface area contributed by atoms with E-state index in [2.05, 4.69) is 15.3 Å². The van der Waals surface area contributed by atoms with Gasteiger partial charge in [0.25, 0.3) is 5.91 Å². The predicted molar refractivity (Wildman–Crippen MR) is 105 cm³/mol. The maximum Gasteiger partial charge on any atom is 0.257 e. The number of amides is 1. The smallest absolute Gasteiger partial charge is 0.257 e. The van der Waals surface area contributed by atoms with Crippen LogP contribution in [-0.2, 0) is 11.3 Å². The Morgan fingerprint density at radius 1 is 1.21 bits per heavy atom. The average molecular weight is 382 g/mol. The second kappa shape index (κ2) is 9.01. The molecule has 2 aromatic rings. The number of likely N-dealkylation sites (tertiary alicyclic amines) is 1. The largest absolute Gasteiger partial charge is 0.472 e. The van der Waals surface area contributed by atoms with Gasteiger partial charge in [-0.05, 0) is 43.0 Å². The number of nitrogens with zero attached hydrogens (tertiary/aromatic N) is 3. The van der Waals surface area contributed by atoms with E-state index >= 15 is 0 Å². The number of pyridine rings is 2. The van der Waals surface area contributed by atoms with Crippen LogP contribution < -0.4 is 10.1 Å². The molecule has 0 aliphatic carbocycles. The molecule has 2 saturated heterocycles. The quantitative estimate of drug-likeness (QED) is 0.828. The summed E-state index contributed by atoms with van der Waals surface area (Å²) in [5, 5.41) is 3.30. The van der Waals surface area contributed by atoms with Gasteiger partial charge in [-0.1, -0.05) is 0 Å². The lowest BCUT2D eigenvalue weighted by Crippen LogP contribution is -2.36. The number of ether oxygens (including phenoxy) is 2. The van der Waals surface area contributed by atoms with Gasteiger partial charge in [0, 0.05) is 44.5 Å². The number of piperidine rings is 1. The molecular formula is C21H26N4O3. The van der Waals surface area contributed by atoms with Crippen LogP contribution in [0.3, 0.4) is 0 Å². The minimum atomic E-state index is 0.0512. The molecule has 148 valence electrons. The maximum absolute atomic E-state index is 12.9.